The number of aromatic nitrogens is 2. The van der Waals surface area contributed by atoms with Gasteiger partial charge >= 0.3 is 0 Å². The Bertz CT molecular complexity index is 328. The lowest BCUT2D eigenvalue weighted by molar-refractivity contribution is 0.755. The van der Waals surface area contributed by atoms with E-state index in [1.807, 2.05) is 18.7 Å². The van der Waals surface area contributed by atoms with Gasteiger partial charge in [-0.2, -0.15) is 11.8 Å². The molecule has 4 nitrogen and oxygen atoms in total. The van der Waals surface area contributed by atoms with Crippen molar-refractivity contribution in [2.75, 3.05) is 23.1 Å². The molecule has 0 saturated carbocycles. The summed E-state index contributed by atoms with van der Waals surface area (Å²) in [5.41, 5.74) is 6.93. The lowest BCUT2D eigenvalue weighted by Gasteiger charge is -2.05. The van der Waals surface area contributed by atoms with E-state index in [-0.39, 0.29) is 0 Å². The van der Waals surface area contributed by atoms with Crippen LogP contribution in [0.1, 0.15) is 30.8 Å². The van der Waals surface area contributed by atoms with E-state index in [4.69, 9.17) is 11.6 Å². The van der Waals surface area contributed by atoms with E-state index in [1.165, 1.54) is 16.8 Å². The molecule has 14 heavy (non-hydrogen) atoms. The van der Waals surface area contributed by atoms with Crippen molar-refractivity contribution in [2.45, 2.75) is 25.7 Å². The molecule has 1 aromatic rings. The number of rotatable bonds is 2. The molecule has 1 fully saturated rings. The van der Waals surface area contributed by atoms with E-state index in [0.29, 0.717) is 11.7 Å². The molecule has 0 spiro atoms. The zero-order chi connectivity index (χ0) is 10.1. The van der Waals surface area contributed by atoms with Crippen molar-refractivity contribution >= 4 is 17.6 Å². The zero-order valence-corrected chi connectivity index (χ0v) is 9.18. The zero-order valence-electron chi connectivity index (χ0n) is 8.36. The molecular weight excluding hydrogens is 196 g/mol. The van der Waals surface area contributed by atoms with E-state index in [1.54, 1.807) is 0 Å². The van der Waals surface area contributed by atoms with Crippen LogP contribution in [-0.2, 0) is 6.42 Å². The van der Waals surface area contributed by atoms with Gasteiger partial charge in [-0.25, -0.2) is 9.66 Å². The van der Waals surface area contributed by atoms with E-state index < -0.39 is 0 Å². The molecule has 4 N–H and O–H groups in total. The Kier molecular flexibility index (Phi) is 2.58. The maximum absolute atomic E-state index is 5.92. The van der Waals surface area contributed by atoms with Gasteiger partial charge in [-0.05, 0) is 12.2 Å². The van der Waals surface area contributed by atoms with Crippen molar-refractivity contribution in [3.8, 4) is 0 Å². The summed E-state index contributed by atoms with van der Waals surface area (Å²) in [4.78, 5) is 4.51. The highest BCUT2D eigenvalue weighted by atomic mass is 32.2. The first-order valence-electron chi connectivity index (χ1n) is 4.93. The van der Waals surface area contributed by atoms with Crippen LogP contribution in [0, 0.1) is 0 Å². The van der Waals surface area contributed by atoms with Crippen LogP contribution in [0.4, 0.5) is 5.82 Å². The second-order valence-electron chi connectivity index (χ2n) is 3.58. The maximum Gasteiger partial charge on any atom is 0.146 e. The van der Waals surface area contributed by atoms with Gasteiger partial charge in [-0.1, -0.05) is 6.92 Å². The van der Waals surface area contributed by atoms with Gasteiger partial charge in [-0.3, -0.25) is 0 Å². The molecule has 2 rings (SSSR count). The molecule has 1 aromatic heterocycles. The normalized spacial score (nSPS) is 21.6. The molecule has 1 saturated heterocycles. The molecule has 1 atom stereocenters. The number of nitrogen functional groups attached to an aromatic ring is 2. The molecule has 0 bridgehead atoms. The monoisotopic (exact) mass is 212 g/mol. The van der Waals surface area contributed by atoms with Crippen molar-refractivity contribution in [3.05, 3.63) is 11.5 Å². The quantitative estimate of drug-likeness (QED) is 0.716. The van der Waals surface area contributed by atoms with Crippen molar-refractivity contribution in [3.63, 3.8) is 0 Å². The number of nitrogens with two attached hydrogens (primary N) is 2. The Morgan fingerprint density at radius 1 is 1.64 bits per heavy atom. The first kappa shape index (κ1) is 9.71. The van der Waals surface area contributed by atoms with Crippen LogP contribution in [0.2, 0.25) is 0 Å². The van der Waals surface area contributed by atoms with Gasteiger partial charge in [0, 0.05) is 18.1 Å². The lowest BCUT2D eigenvalue weighted by Crippen LogP contribution is -2.15. The average molecular weight is 212 g/mol. The summed E-state index contributed by atoms with van der Waals surface area (Å²) in [5.74, 6) is 10.2. The fourth-order valence-electron chi connectivity index (χ4n) is 1.81. The van der Waals surface area contributed by atoms with Crippen LogP contribution in [-0.4, -0.2) is 21.2 Å². The molecule has 5 heteroatoms. The second-order valence-corrected chi connectivity index (χ2v) is 4.73. The van der Waals surface area contributed by atoms with Gasteiger partial charge < -0.3 is 11.6 Å². The van der Waals surface area contributed by atoms with Crippen LogP contribution >= 0.6 is 11.8 Å². The third-order valence-electron chi connectivity index (χ3n) is 2.68. The third kappa shape index (κ3) is 1.45. The van der Waals surface area contributed by atoms with Crippen molar-refractivity contribution in [1.82, 2.24) is 9.66 Å². The highest BCUT2D eigenvalue weighted by molar-refractivity contribution is 7.99. The van der Waals surface area contributed by atoms with Gasteiger partial charge in [0.05, 0.1) is 5.69 Å². The predicted octanol–water partition coefficient (Wildman–Crippen LogP) is 0.962. The predicted molar refractivity (Wildman–Crippen MR) is 60.9 cm³/mol. The van der Waals surface area contributed by atoms with Gasteiger partial charge in [0.2, 0.25) is 0 Å². The maximum atomic E-state index is 5.92. The Labute approximate surface area is 88.0 Å². The molecule has 0 radical (unpaired) electrons. The molecule has 0 amide bonds. The summed E-state index contributed by atoms with van der Waals surface area (Å²) < 4.78 is 1.53. The standard InChI is InChI=1S/C9H16N4S/c1-2-7-12-8(9(10)13(7)11)6-3-4-14-5-6/h6H,2-5,10-11H2,1H3. The molecule has 1 aliphatic rings. The van der Waals surface area contributed by atoms with Crippen molar-refractivity contribution < 1.29 is 0 Å². The number of thioether (sulfide) groups is 1. The van der Waals surface area contributed by atoms with Crippen LogP contribution in [0.15, 0.2) is 0 Å². The Balaban J connectivity index is 2.32. The van der Waals surface area contributed by atoms with Crippen molar-refractivity contribution in [1.29, 1.82) is 0 Å². The van der Waals surface area contributed by atoms with Crippen molar-refractivity contribution in [2.24, 2.45) is 0 Å². The first-order valence-corrected chi connectivity index (χ1v) is 6.09. The largest absolute Gasteiger partial charge is 0.382 e. The lowest BCUT2D eigenvalue weighted by atomic mass is 10.1. The number of hydrogen-bond donors (Lipinski definition) is 2. The van der Waals surface area contributed by atoms with Gasteiger partial charge in [0.25, 0.3) is 0 Å². The highest BCUT2D eigenvalue weighted by Gasteiger charge is 2.24. The first-order chi connectivity index (χ1) is 6.74. The van der Waals surface area contributed by atoms with Gasteiger partial charge in [-0.15, -0.1) is 0 Å². The summed E-state index contributed by atoms with van der Waals surface area (Å²) in [6.45, 7) is 2.04. The summed E-state index contributed by atoms with van der Waals surface area (Å²) in [7, 11) is 0. The second kappa shape index (κ2) is 3.73. The number of hydrogen-bond acceptors (Lipinski definition) is 4. The highest BCUT2D eigenvalue weighted by Crippen LogP contribution is 2.34. The minimum Gasteiger partial charge on any atom is -0.382 e. The summed E-state index contributed by atoms with van der Waals surface area (Å²) in [6, 6.07) is 0. The fraction of sp³-hybridized carbons (Fsp3) is 0.667. The Hall–Kier alpha value is -0.840. The Morgan fingerprint density at radius 3 is 2.93 bits per heavy atom. The van der Waals surface area contributed by atoms with E-state index in [9.17, 15) is 0 Å². The molecule has 1 aliphatic heterocycles. The number of nitrogens with zero attached hydrogens (tertiary/aromatic N) is 2. The summed E-state index contributed by atoms with van der Waals surface area (Å²) in [5, 5.41) is 0. The molecule has 2 heterocycles. The van der Waals surface area contributed by atoms with Gasteiger partial charge in [0.1, 0.15) is 11.6 Å². The fourth-order valence-corrected chi connectivity index (χ4v) is 3.04. The van der Waals surface area contributed by atoms with E-state index >= 15 is 0 Å². The number of imidazole rings is 1. The molecule has 78 valence electrons. The topological polar surface area (TPSA) is 69.9 Å². The molecular formula is C9H16N4S. The summed E-state index contributed by atoms with van der Waals surface area (Å²) >= 11 is 1.96. The molecule has 0 aliphatic carbocycles. The van der Waals surface area contributed by atoms with E-state index in [2.05, 4.69) is 4.98 Å². The molecule has 0 aromatic carbocycles. The molecule has 1 unspecified atom stereocenters. The van der Waals surface area contributed by atoms with Gasteiger partial charge in [0.15, 0.2) is 0 Å². The van der Waals surface area contributed by atoms with Crippen LogP contribution in [0.3, 0.4) is 0 Å². The Morgan fingerprint density at radius 2 is 2.43 bits per heavy atom. The number of anilines is 1. The van der Waals surface area contributed by atoms with Crippen LogP contribution in [0.25, 0.3) is 0 Å². The van der Waals surface area contributed by atoms with Crippen LogP contribution in [0.5, 0.6) is 0 Å². The number of aryl methyl sites for hydroxylation is 1. The minimum atomic E-state index is 0.509. The smallest absolute Gasteiger partial charge is 0.146 e. The van der Waals surface area contributed by atoms with E-state index in [0.717, 1.165) is 23.7 Å². The van der Waals surface area contributed by atoms with Crippen LogP contribution < -0.4 is 11.6 Å². The summed E-state index contributed by atoms with van der Waals surface area (Å²) in [6.07, 6.45) is 2.01. The minimum absolute atomic E-state index is 0.509. The SMILES string of the molecule is CCc1nc(C2CCSC2)c(N)n1N. The average Bonchev–Trinajstić information content (AvgIpc) is 2.78. The third-order valence-corrected chi connectivity index (χ3v) is 3.84.